The zero-order valence-electron chi connectivity index (χ0n) is 8.06. The molecule has 1 atom stereocenters. The van der Waals surface area contributed by atoms with E-state index in [9.17, 15) is 4.79 Å². The molecule has 0 amide bonds. The van der Waals surface area contributed by atoms with Gasteiger partial charge in [-0.3, -0.25) is 4.90 Å². The molecule has 3 saturated heterocycles. The molecule has 0 radical (unpaired) electrons. The van der Waals surface area contributed by atoms with E-state index in [4.69, 9.17) is 9.84 Å². The van der Waals surface area contributed by atoms with Crippen molar-refractivity contribution in [3.05, 3.63) is 12.3 Å². The Morgan fingerprint density at radius 3 is 2.64 bits per heavy atom. The third-order valence-corrected chi connectivity index (χ3v) is 3.05. The molecule has 2 bridgehead atoms. The van der Waals surface area contributed by atoms with Crippen molar-refractivity contribution in [2.75, 3.05) is 13.1 Å². The Hall–Kier alpha value is -1.03. The van der Waals surface area contributed by atoms with E-state index < -0.39 is 5.97 Å². The molecule has 0 aromatic rings. The van der Waals surface area contributed by atoms with Crippen molar-refractivity contribution in [2.45, 2.75) is 25.5 Å². The Bertz CT molecular complexity index is 244. The van der Waals surface area contributed by atoms with Gasteiger partial charge in [0.25, 0.3) is 0 Å². The van der Waals surface area contributed by atoms with Crippen molar-refractivity contribution < 1.29 is 14.6 Å². The fraction of sp³-hybridized carbons (Fsp3) is 0.700. The van der Waals surface area contributed by atoms with Gasteiger partial charge in [-0.15, -0.1) is 0 Å². The number of aliphatic hydroxyl groups is 1. The second-order valence-electron chi connectivity index (χ2n) is 3.92. The zero-order valence-corrected chi connectivity index (χ0v) is 8.06. The number of esters is 1. The Morgan fingerprint density at radius 2 is 2.14 bits per heavy atom. The number of carbonyl (C=O) groups excluding carboxylic acids is 1. The maximum absolute atomic E-state index is 11.1. The second-order valence-corrected chi connectivity index (χ2v) is 3.92. The first kappa shape index (κ1) is 9.52. The van der Waals surface area contributed by atoms with Crippen LogP contribution in [0.1, 0.15) is 19.3 Å². The monoisotopic (exact) mass is 197 g/mol. The van der Waals surface area contributed by atoms with Crippen LogP contribution in [0.15, 0.2) is 12.3 Å². The predicted molar refractivity (Wildman–Crippen MR) is 50.6 cm³/mol. The van der Waals surface area contributed by atoms with Gasteiger partial charge in [0.2, 0.25) is 0 Å². The van der Waals surface area contributed by atoms with Crippen LogP contribution in [0.4, 0.5) is 0 Å². The zero-order chi connectivity index (χ0) is 9.97. The molecule has 3 aliphatic rings. The van der Waals surface area contributed by atoms with Crippen LogP contribution in [-0.2, 0) is 9.53 Å². The summed E-state index contributed by atoms with van der Waals surface area (Å²) in [5.41, 5.74) is 0. The molecule has 0 aromatic heterocycles. The highest BCUT2D eigenvalue weighted by molar-refractivity contribution is 5.81. The van der Waals surface area contributed by atoms with Crippen LogP contribution in [-0.4, -0.2) is 35.3 Å². The van der Waals surface area contributed by atoms with Gasteiger partial charge in [0.1, 0.15) is 0 Å². The first-order valence-electron chi connectivity index (χ1n) is 5.05. The number of carbonyl (C=O) groups is 1. The van der Waals surface area contributed by atoms with Gasteiger partial charge in [-0.2, -0.15) is 0 Å². The summed E-state index contributed by atoms with van der Waals surface area (Å²) in [4.78, 5) is 13.3. The molecule has 1 unspecified atom stereocenters. The van der Waals surface area contributed by atoms with E-state index >= 15 is 0 Å². The van der Waals surface area contributed by atoms with Crippen LogP contribution in [0.5, 0.6) is 0 Å². The number of nitrogens with zero attached hydrogens (tertiary/aromatic N) is 1. The summed E-state index contributed by atoms with van der Waals surface area (Å²) < 4.78 is 5.21. The average Bonchev–Trinajstić information content (AvgIpc) is 2.19. The molecule has 0 aromatic carbocycles. The van der Waals surface area contributed by atoms with Gasteiger partial charge in [0.05, 0.1) is 12.3 Å². The quantitative estimate of drug-likeness (QED) is 0.408. The highest BCUT2D eigenvalue weighted by Gasteiger charge is 2.35. The van der Waals surface area contributed by atoms with Crippen molar-refractivity contribution in [1.82, 2.24) is 4.90 Å². The fourth-order valence-electron chi connectivity index (χ4n) is 2.27. The largest absolute Gasteiger partial charge is 0.515 e. The van der Waals surface area contributed by atoms with Crippen molar-refractivity contribution in [1.29, 1.82) is 0 Å². The summed E-state index contributed by atoms with van der Waals surface area (Å²) in [7, 11) is 0. The predicted octanol–water partition coefficient (Wildman–Crippen LogP) is 1.04. The molecular weight excluding hydrogens is 182 g/mol. The standard InChI is InChI=1S/C10H15NO3/c12-6-3-10(13)14-9-7-8-1-4-11(9)5-2-8/h3,6,8-9,12H,1-2,4-5,7H2/b6-3+. The Labute approximate surface area is 83.2 Å². The minimum absolute atomic E-state index is 0.0637. The van der Waals surface area contributed by atoms with Gasteiger partial charge in [-0.25, -0.2) is 4.79 Å². The van der Waals surface area contributed by atoms with E-state index in [0.717, 1.165) is 37.8 Å². The molecule has 1 N–H and O–H groups in total. The minimum Gasteiger partial charge on any atom is -0.515 e. The van der Waals surface area contributed by atoms with Gasteiger partial charge in [-0.05, 0) is 18.8 Å². The van der Waals surface area contributed by atoms with Crippen LogP contribution in [0, 0.1) is 5.92 Å². The third-order valence-electron chi connectivity index (χ3n) is 3.05. The van der Waals surface area contributed by atoms with E-state index in [1.807, 2.05) is 0 Å². The number of fused-ring (bicyclic) bond motifs is 3. The normalized spacial score (nSPS) is 36.1. The highest BCUT2D eigenvalue weighted by Crippen LogP contribution is 2.32. The van der Waals surface area contributed by atoms with Crippen LogP contribution in [0.25, 0.3) is 0 Å². The Morgan fingerprint density at radius 1 is 1.43 bits per heavy atom. The van der Waals surface area contributed by atoms with Gasteiger partial charge >= 0.3 is 5.97 Å². The van der Waals surface area contributed by atoms with E-state index in [1.165, 1.54) is 12.8 Å². The van der Waals surface area contributed by atoms with Crippen LogP contribution in [0.3, 0.4) is 0 Å². The topological polar surface area (TPSA) is 49.8 Å². The molecule has 14 heavy (non-hydrogen) atoms. The first-order chi connectivity index (χ1) is 6.79. The summed E-state index contributed by atoms with van der Waals surface area (Å²) >= 11 is 0. The SMILES string of the molecule is O=C(/C=C/O)OC1CC2CCN1CC2. The lowest BCUT2D eigenvalue weighted by Gasteiger charge is -2.44. The molecule has 78 valence electrons. The lowest BCUT2D eigenvalue weighted by atomic mass is 9.87. The molecule has 3 aliphatic heterocycles. The number of piperidine rings is 3. The summed E-state index contributed by atoms with van der Waals surface area (Å²) in [6, 6.07) is 0. The fourth-order valence-corrected chi connectivity index (χ4v) is 2.27. The summed E-state index contributed by atoms with van der Waals surface area (Å²) in [5, 5.41) is 8.40. The number of rotatable bonds is 2. The van der Waals surface area contributed by atoms with Crippen molar-refractivity contribution in [2.24, 2.45) is 5.92 Å². The number of hydrogen-bond acceptors (Lipinski definition) is 4. The van der Waals surface area contributed by atoms with E-state index in [0.29, 0.717) is 0 Å². The Kier molecular flexibility index (Phi) is 2.72. The molecule has 0 aliphatic carbocycles. The van der Waals surface area contributed by atoms with Gasteiger partial charge in [0.15, 0.2) is 6.23 Å². The molecule has 3 heterocycles. The molecule has 3 fully saturated rings. The van der Waals surface area contributed by atoms with Crippen molar-refractivity contribution in [3.63, 3.8) is 0 Å². The van der Waals surface area contributed by atoms with E-state index in [2.05, 4.69) is 4.90 Å². The van der Waals surface area contributed by atoms with Crippen molar-refractivity contribution in [3.8, 4) is 0 Å². The third kappa shape index (κ3) is 1.90. The number of aliphatic hydroxyl groups excluding tert-OH is 1. The minimum atomic E-state index is -0.454. The van der Waals surface area contributed by atoms with Gasteiger partial charge in [-0.1, -0.05) is 0 Å². The lowest BCUT2D eigenvalue weighted by molar-refractivity contribution is -0.164. The van der Waals surface area contributed by atoms with Crippen LogP contribution in [0.2, 0.25) is 0 Å². The highest BCUT2D eigenvalue weighted by atomic mass is 16.6. The molecule has 4 heteroatoms. The molecule has 0 saturated carbocycles. The number of hydrogen-bond donors (Lipinski definition) is 1. The lowest BCUT2D eigenvalue weighted by Crippen LogP contribution is -2.50. The summed E-state index contributed by atoms with van der Waals surface area (Å²) in [5.74, 6) is 0.265. The Balaban J connectivity index is 1.89. The molecule has 4 nitrogen and oxygen atoms in total. The summed E-state index contributed by atoms with van der Waals surface area (Å²) in [6.45, 7) is 2.07. The van der Waals surface area contributed by atoms with E-state index in [1.54, 1.807) is 0 Å². The van der Waals surface area contributed by atoms with E-state index in [-0.39, 0.29) is 6.23 Å². The summed E-state index contributed by atoms with van der Waals surface area (Å²) in [6.07, 6.45) is 5.10. The first-order valence-corrected chi connectivity index (χ1v) is 5.05. The van der Waals surface area contributed by atoms with Crippen molar-refractivity contribution >= 4 is 5.97 Å². The number of ether oxygens (including phenoxy) is 1. The van der Waals surface area contributed by atoms with Crippen LogP contribution < -0.4 is 0 Å². The maximum atomic E-state index is 11.1. The average molecular weight is 197 g/mol. The molecular formula is C10H15NO3. The van der Waals surface area contributed by atoms with Gasteiger partial charge < -0.3 is 9.84 Å². The van der Waals surface area contributed by atoms with Crippen LogP contribution >= 0.6 is 0 Å². The van der Waals surface area contributed by atoms with Gasteiger partial charge in [0, 0.05) is 19.5 Å². The maximum Gasteiger partial charge on any atom is 0.335 e. The second kappa shape index (κ2) is 4.00. The smallest absolute Gasteiger partial charge is 0.335 e. The molecule has 0 spiro atoms. The molecule has 3 rings (SSSR count).